The molecular weight excluding hydrogens is 703 g/mol. The van der Waals surface area contributed by atoms with E-state index in [-0.39, 0.29) is 35.6 Å². The smallest absolute Gasteiger partial charge is 0.0129 e. The first-order valence-corrected chi connectivity index (χ1v) is 18.8. The van der Waals surface area contributed by atoms with Gasteiger partial charge in [0.25, 0.3) is 0 Å². The first-order chi connectivity index (χ1) is 21.5. The van der Waals surface area contributed by atoms with Crippen molar-refractivity contribution in [3.8, 4) is 11.1 Å². The van der Waals surface area contributed by atoms with Crippen molar-refractivity contribution in [2.24, 2.45) is 0 Å². The van der Waals surface area contributed by atoms with Crippen molar-refractivity contribution in [3.63, 3.8) is 0 Å². The van der Waals surface area contributed by atoms with Crippen LogP contribution < -0.4 is 24.8 Å². The van der Waals surface area contributed by atoms with Gasteiger partial charge in [0.05, 0.1) is 0 Å². The van der Waals surface area contributed by atoms with Crippen molar-refractivity contribution in [1.29, 1.82) is 0 Å². The molecule has 258 valence electrons. The Kier molecular flexibility index (Phi) is 15.5. The minimum Gasteiger partial charge on any atom is -1.00 e. The molecule has 3 heteroatoms. The van der Waals surface area contributed by atoms with Crippen LogP contribution in [-0.4, -0.2) is 3.21 Å². The van der Waals surface area contributed by atoms with E-state index >= 15 is 0 Å². The molecule has 0 amide bonds. The van der Waals surface area contributed by atoms with Gasteiger partial charge in [-0.1, -0.05) is 123 Å². The summed E-state index contributed by atoms with van der Waals surface area (Å²) >= 11 is 1.54. The molecule has 0 saturated heterocycles. The quantitative estimate of drug-likeness (QED) is 0.188. The van der Waals surface area contributed by atoms with Crippen LogP contribution in [0, 0.1) is 26.8 Å². The van der Waals surface area contributed by atoms with Crippen LogP contribution in [0.3, 0.4) is 0 Å². The molecule has 4 aromatic rings. The van der Waals surface area contributed by atoms with Gasteiger partial charge < -0.3 is 24.8 Å². The van der Waals surface area contributed by atoms with Gasteiger partial charge in [-0.3, -0.25) is 0 Å². The van der Waals surface area contributed by atoms with E-state index in [1.807, 2.05) is 0 Å². The molecule has 0 spiro atoms. The molecule has 0 atom stereocenters. The number of benzene rings is 3. The van der Waals surface area contributed by atoms with E-state index in [1.165, 1.54) is 118 Å². The number of rotatable bonds is 3. The number of aryl methyl sites for hydroxylation is 3. The van der Waals surface area contributed by atoms with Gasteiger partial charge in [0.15, 0.2) is 0 Å². The predicted molar refractivity (Wildman–Crippen MR) is 198 cm³/mol. The molecule has 0 unspecified atom stereocenters. The summed E-state index contributed by atoms with van der Waals surface area (Å²) in [6.07, 6.45) is 9.26. The van der Waals surface area contributed by atoms with Gasteiger partial charge in [-0.15, -0.1) is 16.7 Å². The third kappa shape index (κ3) is 10.4. The molecule has 0 aliphatic heterocycles. The van der Waals surface area contributed by atoms with Crippen LogP contribution in [0.1, 0.15) is 144 Å². The molecule has 6 rings (SSSR count). The first kappa shape index (κ1) is 42.5. The standard InChI is InChI=1S/C23H29.C13H19.C9H10.2ClH.Zr/c1-14-9-16-11-17-10-15(2)21(23(6,7)8)13-19(17)18(16)12-20(14)22(3,4)5;1-11-6-7-12(10-11)13(2)8-4-3-5-9-13;1-2-6-9-7-4-3-5-8-9;;;/h9,12-13H,11H2,1-8H3;6-7,10H,3-5,8-9H2,1-2H3;3-5,7-8H,2H2,1H3;2*1H;/q2*-1;;;;+2/p-2. The van der Waals surface area contributed by atoms with Crippen LogP contribution >= 0.6 is 0 Å². The molecule has 2 aliphatic rings. The Hall–Kier alpha value is -1.66. The number of hydrogen-bond acceptors (Lipinski definition) is 0. The molecule has 1 fully saturated rings. The summed E-state index contributed by atoms with van der Waals surface area (Å²) in [5, 5.41) is 0. The van der Waals surface area contributed by atoms with Gasteiger partial charge >= 0.3 is 76.7 Å². The predicted octanol–water partition coefficient (Wildman–Crippen LogP) is 6.38. The van der Waals surface area contributed by atoms with Gasteiger partial charge in [0.2, 0.25) is 0 Å². The summed E-state index contributed by atoms with van der Waals surface area (Å²) in [4.78, 5) is 0. The van der Waals surface area contributed by atoms with E-state index in [4.69, 9.17) is 0 Å². The molecule has 0 N–H and O–H groups in total. The molecule has 0 nitrogen and oxygen atoms in total. The van der Waals surface area contributed by atoms with Crippen molar-refractivity contribution in [2.45, 2.75) is 137 Å². The van der Waals surface area contributed by atoms with Crippen LogP contribution in [0.15, 0.2) is 66.7 Å². The molecule has 0 heterocycles. The van der Waals surface area contributed by atoms with E-state index in [0.29, 0.717) is 5.41 Å². The number of halogens is 2. The Balaban J connectivity index is 0.000000272. The van der Waals surface area contributed by atoms with E-state index in [0.717, 1.165) is 6.42 Å². The molecule has 4 aromatic carbocycles. The third-order valence-corrected chi connectivity index (χ3v) is 11.7. The summed E-state index contributed by atoms with van der Waals surface area (Å²) in [6.45, 7) is 25.1. The zero-order valence-electron chi connectivity index (χ0n) is 31.6. The van der Waals surface area contributed by atoms with Gasteiger partial charge in [0, 0.05) is 0 Å². The van der Waals surface area contributed by atoms with Crippen LogP contribution in [-0.2, 0) is 46.9 Å². The molecule has 48 heavy (non-hydrogen) atoms. The topological polar surface area (TPSA) is 0 Å². The van der Waals surface area contributed by atoms with Gasteiger partial charge in [-0.2, -0.15) is 41.0 Å². The summed E-state index contributed by atoms with van der Waals surface area (Å²) < 4.78 is 1.55. The molecule has 0 bridgehead atoms. The third-order valence-electron chi connectivity index (χ3n) is 10.1. The molecule has 0 aromatic heterocycles. The van der Waals surface area contributed by atoms with Crippen LogP contribution in [0.2, 0.25) is 0 Å². The Morgan fingerprint density at radius 3 is 1.92 bits per heavy atom. The maximum absolute atomic E-state index is 3.69. The number of hydrogen-bond donors (Lipinski definition) is 0. The molecular formula is C45H58Cl2Zr-2. The van der Waals surface area contributed by atoms with Crippen molar-refractivity contribution < 1.29 is 49.0 Å². The van der Waals surface area contributed by atoms with Crippen molar-refractivity contribution >= 4 is 3.21 Å². The largest absolute Gasteiger partial charge is 1.00 e. The average Bonchev–Trinajstić information content (AvgIpc) is 3.59. The first-order valence-electron chi connectivity index (χ1n) is 17.6. The Morgan fingerprint density at radius 1 is 0.812 bits per heavy atom. The van der Waals surface area contributed by atoms with Gasteiger partial charge in [0.1, 0.15) is 0 Å². The average molecular weight is 761 g/mol. The fourth-order valence-electron chi connectivity index (χ4n) is 7.42. The van der Waals surface area contributed by atoms with Crippen molar-refractivity contribution in [3.05, 3.63) is 123 Å². The minimum atomic E-state index is 0. The van der Waals surface area contributed by atoms with E-state index in [2.05, 4.69) is 149 Å². The van der Waals surface area contributed by atoms with Gasteiger partial charge in [-0.25, -0.2) is 6.07 Å². The molecule has 2 aliphatic carbocycles. The zero-order valence-corrected chi connectivity index (χ0v) is 35.5. The summed E-state index contributed by atoms with van der Waals surface area (Å²) in [5.41, 5.74) is 16.5. The maximum Gasteiger partial charge on any atom is -0.0129 e. The van der Waals surface area contributed by atoms with E-state index in [9.17, 15) is 0 Å². The number of fused-ring (bicyclic) bond motifs is 3. The Bertz CT molecular complexity index is 1570. The van der Waals surface area contributed by atoms with Gasteiger partial charge in [-0.05, 0) is 35.4 Å². The van der Waals surface area contributed by atoms with E-state index in [1.54, 1.807) is 8.77 Å². The summed E-state index contributed by atoms with van der Waals surface area (Å²) in [5.74, 6) is 0. The second kappa shape index (κ2) is 17.5. The Labute approximate surface area is 321 Å². The monoisotopic (exact) mass is 758 g/mol. The summed E-state index contributed by atoms with van der Waals surface area (Å²) in [6, 6.07) is 28.5. The van der Waals surface area contributed by atoms with Crippen LogP contribution in [0.25, 0.3) is 11.1 Å². The minimum absolute atomic E-state index is 0. The SMILES string of the molecule is CC[C](=[Zr+2])c1ccccc1.Cc1[c-]c2c(cc1C(C)(C)C)-c1cc(C(C)(C)C)c(C)cc1C2.Cc1cc(C2(C)CCCCC2)c[cH-]1.[Cl-].[Cl-]. The zero-order chi connectivity index (χ0) is 33.9. The summed E-state index contributed by atoms with van der Waals surface area (Å²) in [7, 11) is 0. The molecule has 0 radical (unpaired) electrons. The Morgan fingerprint density at radius 2 is 1.40 bits per heavy atom. The van der Waals surface area contributed by atoms with Crippen LogP contribution in [0.4, 0.5) is 0 Å². The second-order valence-corrected chi connectivity index (χ2v) is 17.7. The van der Waals surface area contributed by atoms with Crippen LogP contribution in [0.5, 0.6) is 0 Å². The normalized spacial score (nSPS) is 14.5. The van der Waals surface area contributed by atoms with Crippen molar-refractivity contribution in [2.75, 3.05) is 0 Å². The second-order valence-electron chi connectivity index (χ2n) is 16.2. The fourth-order valence-corrected chi connectivity index (χ4v) is 7.83. The maximum atomic E-state index is 3.69. The van der Waals surface area contributed by atoms with E-state index < -0.39 is 0 Å². The van der Waals surface area contributed by atoms with Crippen molar-refractivity contribution in [1.82, 2.24) is 0 Å². The molecule has 1 saturated carbocycles. The fraction of sp³-hybridized carbons (Fsp3) is 0.467.